The lowest BCUT2D eigenvalue weighted by Crippen LogP contribution is -2.63. The first kappa shape index (κ1) is 23.2. The second-order valence-electron chi connectivity index (χ2n) is 10.8. The minimum atomic E-state index is -1.15. The van der Waals surface area contributed by atoms with Crippen molar-refractivity contribution in [2.24, 2.45) is 5.41 Å². The maximum absolute atomic E-state index is 12.5. The third kappa shape index (κ3) is 3.51. The van der Waals surface area contributed by atoms with Gasteiger partial charge in [-0.25, -0.2) is 0 Å². The van der Waals surface area contributed by atoms with Gasteiger partial charge < -0.3 is 19.3 Å². The van der Waals surface area contributed by atoms with Crippen LogP contribution >= 0.6 is 0 Å². The first-order valence-electron chi connectivity index (χ1n) is 12.2. The van der Waals surface area contributed by atoms with E-state index in [0.29, 0.717) is 17.6 Å². The Hall–Kier alpha value is -2.54. The van der Waals surface area contributed by atoms with E-state index in [9.17, 15) is 5.11 Å². The monoisotopic (exact) mass is 461 g/mol. The molecule has 1 saturated heterocycles. The molecule has 34 heavy (non-hydrogen) atoms. The van der Waals surface area contributed by atoms with Crippen LogP contribution < -0.4 is 0 Å². The highest BCUT2D eigenvalue weighted by atomic mass is 16.5. The highest BCUT2D eigenvalue weighted by Gasteiger charge is 2.55. The van der Waals surface area contributed by atoms with E-state index in [1.807, 2.05) is 24.3 Å². The Labute approximate surface area is 201 Å². The van der Waals surface area contributed by atoms with Crippen LogP contribution in [0.25, 0.3) is 11.4 Å². The molecule has 1 aliphatic heterocycles. The van der Waals surface area contributed by atoms with Crippen LogP contribution in [0.5, 0.6) is 0 Å². The van der Waals surface area contributed by atoms with Crippen LogP contribution in [0.15, 0.2) is 53.1 Å². The van der Waals surface area contributed by atoms with Crippen molar-refractivity contribution < 1.29 is 14.4 Å². The minimum Gasteiger partial charge on any atom is -0.380 e. The predicted octanol–water partition coefficient (Wildman–Crippen LogP) is 5.07. The van der Waals surface area contributed by atoms with Crippen LogP contribution in [0, 0.1) is 5.41 Å². The summed E-state index contributed by atoms with van der Waals surface area (Å²) in [6.45, 7) is 8.15. The Balaban J connectivity index is 1.56. The molecule has 2 aliphatic rings. The number of aliphatic hydroxyl groups is 1. The molecule has 0 spiro atoms. The molecule has 0 radical (unpaired) electrons. The number of methoxy groups -OCH3 is 1. The molecule has 1 N–H and O–H groups in total. The zero-order valence-corrected chi connectivity index (χ0v) is 20.8. The van der Waals surface area contributed by atoms with Crippen LogP contribution in [0.1, 0.15) is 68.5 Å². The summed E-state index contributed by atoms with van der Waals surface area (Å²) in [5.74, 6) is 1.50. The summed E-state index contributed by atoms with van der Waals surface area (Å²) < 4.78 is 11.3. The summed E-state index contributed by atoms with van der Waals surface area (Å²) >= 11 is 0. The van der Waals surface area contributed by atoms with Crippen LogP contribution in [0.3, 0.4) is 0 Å². The molecule has 2 fully saturated rings. The highest BCUT2D eigenvalue weighted by molar-refractivity contribution is 5.58. The average molecular weight is 462 g/mol. The highest BCUT2D eigenvalue weighted by Crippen LogP contribution is 2.51. The van der Waals surface area contributed by atoms with Gasteiger partial charge in [0.1, 0.15) is 11.2 Å². The maximum atomic E-state index is 12.5. The molecule has 5 rings (SSSR count). The fraction of sp³-hybridized carbons (Fsp3) is 0.500. The number of likely N-dealkylation sites (tertiary alicyclic amines) is 1. The summed E-state index contributed by atoms with van der Waals surface area (Å²) in [4.78, 5) is 6.93. The predicted molar refractivity (Wildman–Crippen MR) is 131 cm³/mol. The van der Waals surface area contributed by atoms with Gasteiger partial charge in [-0.3, -0.25) is 0 Å². The lowest BCUT2D eigenvalue weighted by molar-refractivity contribution is -0.127. The third-order valence-electron chi connectivity index (χ3n) is 8.01. The fourth-order valence-electron chi connectivity index (χ4n) is 5.76. The van der Waals surface area contributed by atoms with Crippen molar-refractivity contribution in [1.82, 2.24) is 15.0 Å². The standard InChI is InChI=1S/C28H35N3O3/c1-19(2)20-10-12-22(13-11-20)28(32,26(3)17-31(4)18-26)23-9-6-8-21(16-23)24-29-25(34-30-24)27(33-5)14-7-15-27/h6,8-13,16,19,32H,7,14-15,17-18H2,1-5H3/t28-/m1/s1. The average Bonchev–Trinajstić information content (AvgIpc) is 3.28. The summed E-state index contributed by atoms with van der Waals surface area (Å²) in [7, 11) is 3.79. The molecule has 180 valence electrons. The van der Waals surface area contributed by atoms with E-state index >= 15 is 0 Å². The van der Waals surface area contributed by atoms with E-state index in [1.54, 1.807) is 7.11 Å². The molecular formula is C28H35N3O3. The smallest absolute Gasteiger partial charge is 0.259 e. The largest absolute Gasteiger partial charge is 0.380 e. The zero-order valence-electron chi connectivity index (χ0n) is 20.8. The Bertz CT molecular complexity index is 1150. The molecule has 2 aromatic carbocycles. The molecule has 1 aromatic heterocycles. The van der Waals surface area contributed by atoms with Gasteiger partial charge in [0.15, 0.2) is 0 Å². The van der Waals surface area contributed by atoms with Gasteiger partial charge in [-0.1, -0.05) is 68.4 Å². The van der Waals surface area contributed by atoms with Gasteiger partial charge in [0.05, 0.1) is 0 Å². The third-order valence-corrected chi connectivity index (χ3v) is 8.01. The summed E-state index contributed by atoms with van der Waals surface area (Å²) in [5.41, 5.74) is 1.91. The van der Waals surface area contributed by atoms with Gasteiger partial charge in [0.25, 0.3) is 5.89 Å². The summed E-state index contributed by atoms with van der Waals surface area (Å²) in [6.07, 6.45) is 2.88. The van der Waals surface area contributed by atoms with Crippen LogP contribution in [-0.4, -0.2) is 47.4 Å². The molecule has 0 bridgehead atoms. The van der Waals surface area contributed by atoms with Gasteiger partial charge in [-0.15, -0.1) is 0 Å². The van der Waals surface area contributed by atoms with E-state index in [0.717, 1.165) is 49.0 Å². The van der Waals surface area contributed by atoms with E-state index < -0.39 is 11.2 Å². The number of hydrogen-bond donors (Lipinski definition) is 1. The van der Waals surface area contributed by atoms with Gasteiger partial charge >= 0.3 is 0 Å². The van der Waals surface area contributed by atoms with Gasteiger partial charge in [-0.2, -0.15) is 4.98 Å². The Kier molecular flexibility index (Phi) is 5.66. The lowest BCUT2D eigenvalue weighted by atomic mass is 9.62. The molecule has 6 nitrogen and oxygen atoms in total. The molecule has 1 saturated carbocycles. The quantitative estimate of drug-likeness (QED) is 0.529. The lowest BCUT2D eigenvalue weighted by Gasteiger charge is -2.56. The normalized spacial score (nSPS) is 21.0. The van der Waals surface area contributed by atoms with Crippen molar-refractivity contribution >= 4 is 0 Å². The van der Waals surface area contributed by atoms with Crippen molar-refractivity contribution in [3.05, 3.63) is 71.1 Å². The number of aromatic nitrogens is 2. The molecule has 2 heterocycles. The van der Waals surface area contributed by atoms with Crippen LogP contribution in [0.4, 0.5) is 0 Å². The number of rotatable bonds is 7. The molecule has 0 amide bonds. The van der Waals surface area contributed by atoms with E-state index in [2.05, 4.69) is 67.1 Å². The van der Waals surface area contributed by atoms with Crippen molar-refractivity contribution in [3.63, 3.8) is 0 Å². The van der Waals surface area contributed by atoms with Crippen molar-refractivity contribution in [2.45, 2.75) is 57.2 Å². The first-order chi connectivity index (χ1) is 16.2. The van der Waals surface area contributed by atoms with Crippen molar-refractivity contribution in [1.29, 1.82) is 0 Å². The second-order valence-corrected chi connectivity index (χ2v) is 10.8. The Morgan fingerprint density at radius 2 is 1.79 bits per heavy atom. The number of benzene rings is 2. The van der Waals surface area contributed by atoms with Crippen molar-refractivity contribution in [2.75, 3.05) is 27.2 Å². The van der Waals surface area contributed by atoms with E-state index in [4.69, 9.17) is 9.26 Å². The van der Waals surface area contributed by atoms with Crippen LogP contribution in [-0.2, 0) is 15.9 Å². The first-order valence-corrected chi connectivity index (χ1v) is 12.2. The van der Waals surface area contributed by atoms with Crippen LogP contribution in [0.2, 0.25) is 0 Å². The minimum absolute atomic E-state index is 0.325. The molecule has 1 aliphatic carbocycles. The van der Waals surface area contributed by atoms with Gasteiger partial charge in [0, 0.05) is 31.2 Å². The Morgan fingerprint density at radius 3 is 2.35 bits per heavy atom. The topological polar surface area (TPSA) is 71.6 Å². The molecule has 0 unspecified atom stereocenters. The number of nitrogens with zero attached hydrogens (tertiary/aromatic N) is 3. The fourth-order valence-corrected chi connectivity index (χ4v) is 5.76. The maximum Gasteiger partial charge on any atom is 0.259 e. The molecule has 6 heteroatoms. The summed E-state index contributed by atoms with van der Waals surface area (Å²) in [5, 5.41) is 16.7. The molecule has 1 atom stereocenters. The zero-order chi connectivity index (χ0) is 24.1. The van der Waals surface area contributed by atoms with Crippen molar-refractivity contribution in [3.8, 4) is 11.4 Å². The summed E-state index contributed by atoms with van der Waals surface area (Å²) in [6, 6.07) is 16.4. The van der Waals surface area contributed by atoms with E-state index in [1.165, 1.54) is 5.56 Å². The number of hydrogen-bond acceptors (Lipinski definition) is 6. The number of ether oxygens (including phenoxy) is 1. The van der Waals surface area contributed by atoms with E-state index in [-0.39, 0.29) is 5.41 Å². The Morgan fingerprint density at radius 1 is 1.09 bits per heavy atom. The molecule has 3 aromatic rings. The van der Waals surface area contributed by atoms with Gasteiger partial charge in [-0.05, 0) is 55.0 Å². The van der Waals surface area contributed by atoms with Gasteiger partial charge in [0.2, 0.25) is 5.82 Å². The molecular weight excluding hydrogens is 426 g/mol. The second kappa shape index (κ2) is 8.29. The SMILES string of the molecule is COC1(c2nc(-c3cccc([C@](O)(c4ccc(C(C)C)cc4)C4(C)CN(C)C4)c3)no2)CCC1.